The first kappa shape index (κ1) is 20.5. The zero-order valence-electron chi connectivity index (χ0n) is 17.3. The van der Waals surface area contributed by atoms with E-state index < -0.39 is 0 Å². The van der Waals surface area contributed by atoms with Gasteiger partial charge >= 0.3 is 0 Å². The van der Waals surface area contributed by atoms with Gasteiger partial charge < -0.3 is 24.4 Å². The maximum atomic E-state index is 12.6. The third kappa shape index (κ3) is 5.89. The average molecular weight is 411 g/mol. The number of amides is 1. The first-order chi connectivity index (χ1) is 14.8. The van der Waals surface area contributed by atoms with Crippen LogP contribution in [0, 0.1) is 0 Å². The van der Waals surface area contributed by atoms with Gasteiger partial charge in [-0.25, -0.2) is 0 Å². The molecule has 2 aliphatic heterocycles. The number of rotatable bonds is 9. The van der Waals surface area contributed by atoms with Gasteiger partial charge in [-0.15, -0.1) is 0 Å². The van der Waals surface area contributed by atoms with E-state index in [-0.39, 0.29) is 11.9 Å². The first-order valence-electron chi connectivity index (χ1n) is 10.8. The largest absolute Gasteiger partial charge is 0.493 e. The second kappa shape index (κ2) is 10.3. The highest BCUT2D eigenvalue weighted by atomic mass is 16.6. The summed E-state index contributed by atoms with van der Waals surface area (Å²) >= 11 is 0. The molecule has 0 spiro atoms. The Morgan fingerprint density at radius 2 is 1.80 bits per heavy atom. The topological polar surface area (TPSA) is 60.0 Å². The molecule has 160 valence electrons. The molecule has 0 saturated carbocycles. The summed E-state index contributed by atoms with van der Waals surface area (Å²) < 4.78 is 17.0. The lowest BCUT2D eigenvalue weighted by molar-refractivity contribution is -0.122. The van der Waals surface area contributed by atoms with Crippen molar-refractivity contribution in [1.82, 2.24) is 10.2 Å². The molecule has 2 aliphatic rings. The molecule has 2 heterocycles. The molecule has 1 amide bonds. The highest BCUT2D eigenvalue weighted by Crippen LogP contribution is 2.31. The lowest BCUT2D eigenvalue weighted by Gasteiger charge is -2.25. The smallest absolute Gasteiger partial charge is 0.223 e. The van der Waals surface area contributed by atoms with Gasteiger partial charge in [0.2, 0.25) is 5.91 Å². The zero-order valence-corrected chi connectivity index (χ0v) is 17.3. The van der Waals surface area contributed by atoms with Crippen LogP contribution in [0.2, 0.25) is 0 Å². The van der Waals surface area contributed by atoms with E-state index in [0.29, 0.717) is 26.2 Å². The van der Waals surface area contributed by atoms with E-state index in [4.69, 9.17) is 14.2 Å². The molecule has 1 atom stereocenters. The quantitative estimate of drug-likeness (QED) is 0.689. The zero-order chi connectivity index (χ0) is 20.6. The molecule has 6 heteroatoms. The maximum Gasteiger partial charge on any atom is 0.223 e. The Balaban J connectivity index is 1.33. The Morgan fingerprint density at radius 1 is 1.03 bits per heavy atom. The number of likely N-dealkylation sites (tertiary alicyclic amines) is 1. The number of carbonyl (C=O) groups is 1. The summed E-state index contributed by atoms with van der Waals surface area (Å²) in [6.45, 7) is 4.60. The number of hydrogen-bond acceptors (Lipinski definition) is 5. The predicted molar refractivity (Wildman–Crippen MR) is 115 cm³/mol. The normalized spacial score (nSPS) is 16.8. The van der Waals surface area contributed by atoms with Gasteiger partial charge in [-0.3, -0.25) is 4.79 Å². The van der Waals surface area contributed by atoms with Crippen LogP contribution in [-0.2, 0) is 11.2 Å². The summed E-state index contributed by atoms with van der Waals surface area (Å²) in [5.74, 6) is 2.40. The summed E-state index contributed by atoms with van der Waals surface area (Å²) in [7, 11) is 0. The van der Waals surface area contributed by atoms with E-state index in [1.54, 1.807) is 0 Å². The van der Waals surface area contributed by atoms with Crippen LogP contribution in [0.25, 0.3) is 0 Å². The van der Waals surface area contributed by atoms with Crippen LogP contribution in [0.4, 0.5) is 0 Å². The molecular formula is C24H30N2O4. The number of nitrogens with zero attached hydrogens (tertiary/aromatic N) is 1. The minimum absolute atomic E-state index is 0.0210. The van der Waals surface area contributed by atoms with Gasteiger partial charge in [-0.1, -0.05) is 24.3 Å². The summed E-state index contributed by atoms with van der Waals surface area (Å²) in [5, 5.41) is 3.23. The highest BCUT2D eigenvalue weighted by Gasteiger charge is 2.21. The van der Waals surface area contributed by atoms with Gasteiger partial charge in [0, 0.05) is 12.6 Å². The average Bonchev–Trinajstić information content (AvgIpc) is 3.27. The van der Waals surface area contributed by atoms with Crippen LogP contribution >= 0.6 is 0 Å². The number of benzene rings is 2. The Bertz CT molecular complexity index is 821. The SMILES string of the molecule is O=C(CCOc1ccccc1)N[C@@H](Cc1ccc2c(c1)OCCO2)CN1CCCC1. The highest BCUT2D eigenvalue weighted by molar-refractivity contribution is 5.76. The molecule has 0 bridgehead atoms. The molecule has 6 nitrogen and oxygen atoms in total. The number of ether oxygens (including phenoxy) is 3. The summed E-state index contributed by atoms with van der Waals surface area (Å²) in [6.07, 6.45) is 3.57. The number of carbonyl (C=O) groups excluding carboxylic acids is 1. The van der Waals surface area contributed by atoms with Gasteiger partial charge in [-0.05, 0) is 62.2 Å². The van der Waals surface area contributed by atoms with Crippen molar-refractivity contribution in [2.45, 2.75) is 31.7 Å². The molecule has 0 aromatic heterocycles. The number of fused-ring (bicyclic) bond motifs is 1. The Kier molecular flexibility index (Phi) is 7.08. The fourth-order valence-corrected chi connectivity index (χ4v) is 4.02. The first-order valence-corrected chi connectivity index (χ1v) is 10.8. The van der Waals surface area contributed by atoms with Crippen molar-refractivity contribution in [3.8, 4) is 17.2 Å². The molecule has 0 aliphatic carbocycles. The molecule has 0 unspecified atom stereocenters. The molecule has 1 N–H and O–H groups in total. The van der Waals surface area contributed by atoms with Crippen LogP contribution in [0.5, 0.6) is 17.2 Å². The second-order valence-corrected chi connectivity index (χ2v) is 7.87. The van der Waals surface area contributed by atoms with E-state index in [2.05, 4.69) is 16.3 Å². The second-order valence-electron chi connectivity index (χ2n) is 7.87. The summed E-state index contributed by atoms with van der Waals surface area (Å²) in [5.41, 5.74) is 1.14. The van der Waals surface area contributed by atoms with Crippen molar-refractivity contribution in [2.24, 2.45) is 0 Å². The standard InChI is InChI=1S/C24H30N2O4/c27-24(10-13-28-21-6-2-1-3-7-21)25-20(18-26-11-4-5-12-26)16-19-8-9-22-23(17-19)30-15-14-29-22/h1-3,6-9,17,20H,4-5,10-16,18H2,(H,25,27)/t20-/m0/s1. The van der Waals surface area contributed by atoms with E-state index in [0.717, 1.165) is 48.9 Å². The van der Waals surface area contributed by atoms with Crippen molar-refractivity contribution in [2.75, 3.05) is 39.5 Å². The fraction of sp³-hybridized carbons (Fsp3) is 0.458. The van der Waals surface area contributed by atoms with Gasteiger partial charge in [0.15, 0.2) is 11.5 Å². The van der Waals surface area contributed by atoms with Gasteiger partial charge in [0.1, 0.15) is 19.0 Å². The number of hydrogen-bond donors (Lipinski definition) is 1. The van der Waals surface area contributed by atoms with Crippen LogP contribution in [0.3, 0.4) is 0 Å². The molecular weight excluding hydrogens is 380 g/mol. The van der Waals surface area contributed by atoms with Crippen LogP contribution in [0.15, 0.2) is 48.5 Å². The molecule has 0 radical (unpaired) electrons. The third-order valence-electron chi connectivity index (χ3n) is 5.47. The van der Waals surface area contributed by atoms with Gasteiger partial charge in [-0.2, -0.15) is 0 Å². The van der Waals surface area contributed by atoms with E-state index in [1.807, 2.05) is 42.5 Å². The maximum absolute atomic E-state index is 12.6. The molecule has 2 aromatic rings. The van der Waals surface area contributed by atoms with Crippen molar-refractivity contribution < 1.29 is 19.0 Å². The Hall–Kier alpha value is -2.73. The van der Waals surface area contributed by atoms with Crippen molar-refractivity contribution in [3.05, 3.63) is 54.1 Å². The predicted octanol–water partition coefficient (Wildman–Crippen LogP) is 3.05. The molecule has 1 fully saturated rings. The van der Waals surface area contributed by atoms with Gasteiger partial charge in [0.25, 0.3) is 0 Å². The lowest BCUT2D eigenvalue weighted by Crippen LogP contribution is -2.44. The van der Waals surface area contributed by atoms with E-state index in [9.17, 15) is 4.79 Å². The summed E-state index contributed by atoms with van der Waals surface area (Å²) in [4.78, 5) is 15.0. The molecule has 1 saturated heterocycles. The number of para-hydroxylation sites is 1. The summed E-state index contributed by atoms with van der Waals surface area (Å²) in [6, 6.07) is 15.7. The van der Waals surface area contributed by atoms with Crippen molar-refractivity contribution in [1.29, 1.82) is 0 Å². The van der Waals surface area contributed by atoms with Crippen LogP contribution in [0.1, 0.15) is 24.8 Å². The van der Waals surface area contributed by atoms with Crippen molar-refractivity contribution >= 4 is 5.91 Å². The Morgan fingerprint density at radius 3 is 2.60 bits per heavy atom. The Labute approximate surface area is 178 Å². The van der Waals surface area contributed by atoms with Crippen molar-refractivity contribution in [3.63, 3.8) is 0 Å². The molecule has 2 aromatic carbocycles. The van der Waals surface area contributed by atoms with Gasteiger partial charge in [0.05, 0.1) is 13.0 Å². The molecule has 30 heavy (non-hydrogen) atoms. The number of nitrogens with one attached hydrogen (secondary N) is 1. The van der Waals surface area contributed by atoms with Crippen LogP contribution in [-0.4, -0.2) is 56.3 Å². The minimum atomic E-state index is 0.0210. The monoisotopic (exact) mass is 410 g/mol. The van der Waals surface area contributed by atoms with E-state index >= 15 is 0 Å². The lowest BCUT2D eigenvalue weighted by atomic mass is 10.0. The van der Waals surface area contributed by atoms with Crippen LogP contribution < -0.4 is 19.5 Å². The molecule has 4 rings (SSSR count). The fourth-order valence-electron chi connectivity index (χ4n) is 4.02. The minimum Gasteiger partial charge on any atom is -0.493 e. The third-order valence-corrected chi connectivity index (χ3v) is 5.47. The van der Waals surface area contributed by atoms with E-state index in [1.165, 1.54) is 12.8 Å².